The van der Waals surface area contributed by atoms with E-state index in [1.165, 1.54) is 16.4 Å². The van der Waals surface area contributed by atoms with Gasteiger partial charge >= 0.3 is 0 Å². The minimum absolute atomic E-state index is 0. The summed E-state index contributed by atoms with van der Waals surface area (Å²) in [6, 6.07) is 4.24. The Kier molecular flexibility index (Phi) is 5.32. The normalized spacial score (nSPS) is 20.9. The number of rotatable bonds is 2. The second kappa shape index (κ2) is 6.17. The molecule has 0 unspecified atom stereocenters. The SMILES string of the molecule is Cc1ccc(F)c(S(=O)(=O)N2CCN[C@@H](C)C2)c1.Cl. The van der Waals surface area contributed by atoms with Gasteiger partial charge in [0.15, 0.2) is 0 Å². The van der Waals surface area contributed by atoms with Crippen molar-refractivity contribution in [1.82, 2.24) is 9.62 Å². The van der Waals surface area contributed by atoms with Crippen molar-refractivity contribution in [2.75, 3.05) is 19.6 Å². The first-order chi connectivity index (χ1) is 8.41. The quantitative estimate of drug-likeness (QED) is 0.901. The van der Waals surface area contributed by atoms with E-state index in [9.17, 15) is 12.8 Å². The van der Waals surface area contributed by atoms with Gasteiger partial charge in [-0.3, -0.25) is 0 Å². The lowest BCUT2D eigenvalue weighted by Gasteiger charge is -2.31. The van der Waals surface area contributed by atoms with Crippen molar-refractivity contribution < 1.29 is 12.8 Å². The molecule has 0 bridgehead atoms. The fourth-order valence-electron chi connectivity index (χ4n) is 2.06. The van der Waals surface area contributed by atoms with Crippen LogP contribution in [0.25, 0.3) is 0 Å². The van der Waals surface area contributed by atoms with Gasteiger partial charge in [0.2, 0.25) is 10.0 Å². The molecule has 1 N–H and O–H groups in total. The highest BCUT2D eigenvalue weighted by Crippen LogP contribution is 2.21. The maximum atomic E-state index is 13.7. The topological polar surface area (TPSA) is 49.4 Å². The Hall–Kier alpha value is -0.690. The Morgan fingerprint density at radius 2 is 2.11 bits per heavy atom. The number of nitrogens with zero attached hydrogens (tertiary/aromatic N) is 1. The first kappa shape index (κ1) is 16.4. The first-order valence-corrected chi connectivity index (χ1v) is 7.35. The smallest absolute Gasteiger partial charge is 0.246 e. The molecule has 19 heavy (non-hydrogen) atoms. The molecule has 4 nitrogen and oxygen atoms in total. The number of nitrogens with one attached hydrogen (secondary N) is 1. The molecule has 2 rings (SSSR count). The van der Waals surface area contributed by atoms with E-state index < -0.39 is 15.8 Å². The van der Waals surface area contributed by atoms with Gasteiger partial charge in [0.25, 0.3) is 0 Å². The second-order valence-electron chi connectivity index (χ2n) is 4.65. The van der Waals surface area contributed by atoms with E-state index >= 15 is 0 Å². The van der Waals surface area contributed by atoms with Gasteiger partial charge in [-0.05, 0) is 31.5 Å². The molecule has 0 aromatic heterocycles. The van der Waals surface area contributed by atoms with Crippen LogP contribution in [-0.2, 0) is 10.0 Å². The van der Waals surface area contributed by atoms with Crippen LogP contribution >= 0.6 is 12.4 Å². The Morgan fingerprint density at radius 1 is 1.42 bits per heavy atom. The molecular formula is C12H18ClFN2O2S. The lowest BCUT2D eigenvalue weighted by Crippen LogP contribution is -2.51. The van der Waals surface area contributed by atoms with Gasteiger partial charge < -0.3 is 5.32 Å². The summed E-state index contributed by atoms with van der Waals surface area (Å²) in [7, 11) is -3.73. The molecule has 1 atom stereocenters. The second-order valence-corrected chi connectivity index (χ2v) is 6.56. The zero-order valence-corrected chi connectivity index (χ0v) is 12.5. The van der Waals surface area contributed by atoms with Gasteiger partial charge in [-0.25, -0.2) is 12.8 Å². The lowest BCUT2D eigenvalue weighted by molar-refractivity contribution is 0.309. The molecule has 1 heterocycles. The molecule has 1 aromatic carbocycles. The van der Waals surface area contributed by atoms with E-state index in [0.717, 1.165) is 5.56 Å². The van der Waals surface area contributed by atoms with Gasteiger partial charge in [0.05, 0.1) is 0 Å². The summed E-state index contributed by atoms with van der Waals surface area (Å²) < 4.78 is 39.8. The number of aryl methyl sites for hydroxylation is 1. The third-order valence-electron chi connectivity index (χ3n) is 3.04. The number of sulfonamides is 1. The highest BCUT2D eigenvalue weighted by Gasteiger charge is 2.30. The number of hydrogen-bond donors (Lipinski definition) is 1. The highest BCUT2D eigenvalue weighted by atomic mass is 35.5. The van der Waals surface area contributed by atoms with Crippen molar-refractivity contribution in [3.05, 3.63) is 29.6 Å². The average Bonchev–Trinajstić information content (AvgIpc) is 2.32. The van der Waals surface area contributed by atoms with Gasteiger partial charge in [0, 0.05) is 25.7 Å². The van der Waals surface area contributed by atoms with Crippen LogP contribution in [0, 0.1) is 12.7 Å². The summed E-state index contributed by atoms with van der Waals surface area (Å²) in [6.45, 7) is 5.00. The van der Waals surface area contributed by atoms with Crippen molar-refractivity contribution in [1.29, 1.82) is 0 Å². The van der Waals surface area contributed by atoms with Crippen LogP contribution in [0.5, 0.6) is 0 Å². The van der Waals surface area contributed by atoms with E-state index in [1.807, 2.05) is 6.92 Å². The van der Waals surface area contributed by atoms with Crippen molar-refractivity contribution >= 4 is 22.4 Å². The predicted molar refractivity (Wildman–Crippen MR) is 74.6 cm³/mol. The van der Waals surface area contributed by atoms with Crippen LogP contribution in [-0.4, -0.2) is 38.4 Å². The third-order valence-corrected chi connectivity index (χ3v) is 4.92. The molecule has 0 aliphatic carbocycles. The first-order valence-electron chi connectivity index (χ1n) is 5.91. The van der Waals surface area contributed by atoms with Crippen LogP contribution < -0.4 is 5.32 Å². The summed E-state index contributed by atoms with van der Waals surface area (Å²) in [5, 5.41) is 3.16. The average molecular weight is 309 g/mol. The highest BCUT2D eigenvalue weighted by molar-refractivity contribution is 7.89. The fourth-order valence-corrected chi connectivity index (χ4v) is 3.74. The van der Waals surface area contributed by atoms with Gasteiger partial charge in [0.1, 0.15) is 10.7 Å². The Labute approximate surface area is 119 Å². The molecule has 0 spiro atoms. The Morgan fingerprint density at radius 3 is 2.74 bits per heavy atom. The van der Waals surface area contributed by atoms with Crippen molar-refractivity contribution in [3.8, 4) is 0 Å². The van der Waals surface area contributed by atoms with Crippen LogP contribution in [0.2, 0.25) is 0 Å². The molecular weight excluding hydrogens is 291 g/mol. The molecule has 108 valence electrons. The summed E-state index contributed by atoms with van der Waals surface area (Å²) >= 11 is 0. The zero-order valence-electron chi connectivity index (χ0n) is 10.9. The molecule has 1 saturated heterocycles. The minimum atomic E-state index is -3.73. The maximum absolute atomic E-state index is 13.7. The lowest BCUT2D eigenvalue weighted by atomic mass is 10.2. The predicted octanol–water partition coefficient (Wildman–Crippen LogP) is 1.54. The summed E-state index contributed by atoms with van der Waals surface area (Å²) in [6.07, 6.45) is 0. The van der Waals surface area contributed by atoms with Crippen LogP contribution in [0.4, 0.5) is 4.39 Å². The van der Waals surface area contributed by atoms with E-state index in [-0.39, 0.29) is 23.3 Å². The minimum Gasteiger partial charge on any atom is -0.312 e. The summed E-state index contributed by atoms with van der Waals surface area (Å²) in [5.74, 6) is -0.688. The molecule has 7 heteroatoms. The summed E-state index contributed by atoms with van der Waals surface area (Å²) in [5.41, 5.74) is 0.734. The Bertz CT molecular complexity index is 551. The van der Waals surface area contributed by atoms with Gasteiger partial charge in [-0.1, -0.05) is 6.07 Å². The Balaban J connectivity index is 0.00000180. The molecule has 1 aromatic rings. The van der Waals surface area contributed by atoms with Gasteiger partial charge in [-0.15, -0.1) is 12.4 Å². The molecule has 1 aliphatic rings. The molecule has 1 aliphatic heterocycles. The van der Waals surface area contributed by atoms with Crippen LogP contribution in [0.15, 0.2) is 23.1 Å². The third kappa shape index (κ3) is 3.45. The number of benzene rings is 1. The maximum Gasteiger partial charge on any atom is 0.246 e. The van der Waals surface area contributed by atoms with Crippen molar-refractivity contribution in [3.63, 3.8) is 0 Å². The largest absolute Gasteiger partial charge is 0.312 e. The van der Waals surface area contributed by atoms with Crippen molar-refractivity contribution in [2.45, 2.75) is 24.8 Å². The van der Waals surface area contributed by atoms with E-state index in [2.05, 4.69) is 5.32 Å². The van der Waals surface area contributed by atoms with Crippen molar-refractivity contribution in [2.24, 2.45) is 0 Å². The molecule has 0 amide bonds. The number of halogens is 2. The summed E-state index contributed by atoms with van der Waals surface area (Å²) in [4.78, 5) is -0.225. The molecule has 0 saturated carbocycles. The van der Waals surface area contributed by atoms with Crippen LogP contribution in [0.1, 0.15) is 12.5 Å². The van der Waals surface area contributed by atoms with Crippen LogP contribution in [0.3, 0.4) is 0 Å². The van der Waals surface area contributed by atoms with E-state index in [4.69, 9.17) is 0 Å². The number of hydrogen-bond acceptors (Lipinski definition) is 3. The molecule has 0 radical (unpaired) electrons. The van der Waals surface area contributed by atoms with E-state index in [0.29, 0.717) is 19.6 Å². The fraction of sp³-hybridized carbons (Fsp3) is 0.500. The molecule has 1 fully saturated rings. The number of piperazine rings is 1. The zero-order chi connectivity index (χ0) is 13.3. The van der Waals surface area contributed by atoms with E-state index in [1.54, 1.807) is 13.0 Å². The monoisotopic (exact) mass is 308 g/mol. The van der Waals surface area contributed by atoms with Gasteiger partial charge in [-0.2, -0.15) is 4.31 Å². The standard InChI is InChI=1S/C12H17FN2O2S.ClH/c1-9-3-4-11(13)12(7-9)18(16,17)15-6-5-14-10(2)8-15;/h3-4,7,10,14H,5-6,8H2,1-2H3;1H/t10-;/m0./s1.